The third-order valence-electron chi connectivity index (χ3n) is 4.64. The van der Waals surface area contributed by atoms with Gasteiger partial charge in [-0.25, -0.2) is 17.6 Å². The number of hydrogen-bond donors (Lipinski definition) is 0. The molecule has 3 unspecified atom stereocenters. The molecule has 0 bridgehead atoms. The second-order valence-electron chi connectivity index (χ2n) is 6.61. The Morgan fingerprint density at radius 2 is 1.32 bits per heavy atom. The summed E-state index contributed by atoms with van der Waals surface area (Å²) in [5, 5.41) is 0. The Labute approximate surface area is 153 Å². The van der Waals surface area contributed by atoms with E-state index in [4.69, 9.17) is 4.43 Å². The van der Waals surface area contributed by atoms with Gasteiger partial charge in [0.15, 0.2) is 5.79 Å². The van der Waals surface area contributed by atoms with E-state index in [-0.39, 0.29) is 25.9 Å². The van der Waals surface area contributed by atoms with Crippen molar-refractivity contribution >= 4 is 8.32 Å². The Morgan fingerprint density at radius 1 is 0.821 bits per heavy atom. The maximum atomic E-state index is 14.6. The van der Waals surface area contributed by atoms with Crippen molar-refractivity contribution < 1.29 is 57.1 Å². The molecule has 1 aliphatic rings. The lowest BCUT2D eigenvalue weighted by atomic mass is 9.96. The third kappa shape index (κ3) is 3.86. The monoisotopic (exact) mass is 458 g/mol. The van der Waals surface area contributed by atoms with Gasteiger partial charge < -0.3 is 4.43 Å². The minimum atomic E-state index is -7.31. The molecular formula is C14H18F12OSi. The smallest absolute Gasteiger partial charge is 0.381 e. The van der Waals surface area contributed by atoms with Crippen LogP contribution in [0.2, 0.25) is 12.1 Å². The van der Waals surface area contributed by atoms with Gasteiger partial charge in [0, 0.05) is 6.61 Å². The van der Waals surface area contributed by atoms with Crippen LogP contribution >= 0.6 is 0 Å². The first-order valence-corrected chi connectivity index (χ1v) is 10.6. The molecule has 1 fully saturated rings. The van der Waals surface area contributed by atoms with Gasteiger partial charge in [-0.3, -0.25) is 0 Å². The molecule has 0 amide bonds. The first-order chi connectivity index (χ1) is 12.5. The third-order valence-corrected chi connectivity index (χ3v) is 9.25. The van der Waals surface area contributed by atoms with E-state index in [1.165, 1.54) is 6.92 Å². The fourth-order valence-electron chi connectivity index (χ4n) is 3.06. The van der Waals surface area contributed by atoms with Crippen LogP contribution in [0.25, 0.3) is 0 Å². The summed E-state index contributed by atoms with van der Waals surface area (Å²) in [6.07, 6.45) is -9.75. The van der Waals surface area contributed by atoms with Gasteiger partial charge in [-0.15, -0.1) is 0 Å². The van der Waals surface area contributed by atoms with Crippen molar-refractivity contribution in [2.75, 3.05) is 6.61 Å². The van der Waals surface area contributed by atoms with Gasteiger partial charge in [0.2, 0.25) is 14.5 Å². The topological polar surface area (TPSA) is 9.23 Å². The van der Waals surface area contributed by atoms with E-state index in [1.54, 1.807) is 0 Å². The Bertz CT molecular complexity index is 515. The van der Waals surface area contributed by atoms with Crippen molar-refractivity contribution in [2.45, 2.75) is 80.4 Å². The molecule has 1 heterocycles. The first kappa shape index (κ1) is 25.4. The summed E-state index contributed by atoms with van der Waals surface area (Å²) in [6, 6.07) is -0.928. The molecular weight excluding hydrogens is 440 g/mol. The lowest BCUT2D eigenvalue weighted by molar-refractivity contribution is -0.384. The summed E-state index contributed by atoms with van der Waals surface area (Å²) in [4.78, 5) is 0. The summed E-state index contributed by atoms with van der Waals surface area (Å²) < 4.78 is 166. The van der Waals surface area contributed by atoms with Crippen molar-refractivity contribution in [2.24, 2.45) is 0 Å². The molecule has 14 heteroatoms. The molecule has 1 nitrogen and oxygen atoms in total. The van der Waals surface area contributed by atoms with E-state index in [9.17, 15) is 52.7 Å². The number of rotatable bonds is 9. The molecule has 3 atom stereocenters. The Morgan fingerprint density at radius 3 is 1.71 bits per heavy atom. The first-order valence-electron chi connectivity index (χ1n) is 8.24. The van der Waals surface area contributed by atoms with E-state index >= 15 is 0 Å². The van der Waals surface area contributed by atoms with Crippen LogP contribution in [-0.4, -0.2) is 57.0 Å². The van der Waals surface area contributed by atoms with Crippen LogP contribution in [0.5, 0.6) is 0 Å². The minimum absolute atomic E-state index is 0.0429. The molecule has 1 aliphatic heterocycles. The Kier molecular flexibility index (Phi) is 7.45. The highest BCUT2D eigenvalue weighted by Crippen LogP contribution is 2.57. The molecule has 28 heavy (non-hydrogen) atoms. The van der Waals surface area contributed by atoms with Crippen molar-refractivity contribution in [3.63, 3.8) is 0 Å². The average molecular weight is 458 g/mol. The van der Waals surface area contributed by atoms with Crippen LogP contribution in [0.15, 0.2) is 0 Å². The van der Waals surface area contributed by atoms with Gasteiger partial charge in [0.25, 0.3) is 6.43 Å². The zero-order chi connectivity index (χ0) is 22.2. The van der Waals surface area contributed by atoms with Crippen molar-refractivity contribution in [3.8, 4) is 0 Å². The maximum Gasteiger partial charge on any atom is 0.381 e. The molecule has 0 aromatic heterocycles. The van der Waals surface area contributed by atoms with Crippen LogP contribution in [-0.2, 0) is 4.43 Å². The van der Waals surface area contributed by atoms with Gasteiger partial charge in [-0.1, -0.05) is 19.8 Å². The summed E-state index contributed by atoms with van der Waals surface area (Å²) >= 11 is 0. The van der Waals surface area contributed by atoms with E-state index < -0.39 is 62.5 Å². The van der Waals surface area contributed by atoms with E-state index in [2.05, 4.69) is 0 Å². The molecule has 0 spiro atoms. The predicted molar refractivity (Wildman–Crippen MR) is 76.4 cm³/mol. The lowest BCUT2D eigenvalue weighted by Crippen LogP contribution is -2.71. The second-order valence-corrected chi connectivity index (χ2v) is 10.5. The van der Waals surface area contributed by atoms with Gasteiger partial charge >= 0.3 is 23.7 Å². The number of hydrogen-bond acceptors (Lipinski definition) is 1. The standard InChI is InChI=1S/C14H18F12OSi/c1-2-6-28(7-4-3-5-27-28)10(18)12(21,22)14(25,26)13(23,24)11(19,20)8(15)9(16)17/h8-10H,2-7H2,1H3. The highest BCUT2D eigenvalue weighted by atomic mass is 28.4. The quantitative estimate of drug-likeness (QED) is 0.297. The van der Waals surface area contributed by atoms with Crippen molar-refractivity contribution in [3.05, 3.63) is 0 Å². The normalized spacial score (nSPS) is 25.1. The van der Waals surface area contributed by atoms with Crippen LogP contribution in [0, 0.1) is 0 Å². The van der Waals surface area contributed by atoms with Gasteiger partial charge in [-0.2, -0.15) is 35.1 Å². The maximum absolute atomic E-state index is 14.6. The number of alkyl halides is 12. The lowest BCUT2D eigenvalue weighted by Gasteiger charge is -2.44. The summed E-state index contributed by atoms with van der Waals surface area (Å²) in [5.41, 5.74) is 0. The molecule has 0 aromatic rings. The van der Waals surface area contributed by atoms with E-state index in [0.717, 1.165) is 0 Å². The summed E-state index contributed by atoms with van der Waals surface area (Å²) in [6.45, 7) is 1.05. The van der Waals surface area contributed by atoms with Gasteiger partial charge in [0.1, 0.15) is 0 Å². The highest BCUT2D eigenvalue weighted by Gasteiger charge is 2.85. The summed E-state index contributed by atoms with van der Waals surface area (Å²) in [5.74, 6) is -31.8. The SMILES string of the molecule is CCC[Si]1(C(F)C(F)(F)C(F)(F)C(F)(F)C(F)(F)C(F)C(F)F)CCCCO1. The molecule has 1 saturated heterocycles. The highest BCUT2D eigenvalue weighted by molar-refractivity contribution is 6.75. The van der Waals surface area contributed by atoms with Crippen molar-refractivity contribution in [1.29, 1.82) is 0 Å². The van der Waals surface area contributed by atoms with E-state index in [0.29, 0.717) is 0 Å². The largest absolute Gasteiger partial charge is 0.414 e. The minimum Gasteiger partial charge on any atom is -0.414 e. The molecule has 0 N–H and O–H groups in total. The zero-order valence-corrected chi connectivity index (χ0v) is 15.4. The van der Waals surface area contributed by atoms with E-state index in [1.807, 2.05) is 0 Å². The van der Waals surface area contributed by atoms with Crippen LogP contribution in [0.3, 0.4) is 0 Å². The summed E-state index contributed by atoms with van der Waals surface area (Å²) in [7, 11) is -4.43. The predicted octanol–water partition coefficient (Wildman–Crippen LogP) is 6.17. The van der Waals surface area contributed by atoms with Gasteiger partial charge in [0.05, 0.1) is 0 Å². The fraction of sp³-hybridized carbons (Fsp3) is 1.00. The zero-order valence-electron chi connectivity index (χ0n) is 14.4. The molecule has 1 rings (SSSR count). The molecule has 0 aliphatic carbocycles. The molecule has 0 aromatic carbocycles. The van der Waals surface area contributed by atoms with Crippen LogP contribution < -0.4 is 0 Å². The van der Waals surface area contributed by atoms with Crippen LogP contribution in [0.1, 0.15) is 26.2 Å². The number of halogens is 12. The molecule has 168 valence electrons. The molecule has 0 saturated carbocycles. The van der Waals surface area contributed by atoms with Gasteiger partial charge in [-0.05, 0) is 18.5 Å². The average Bonchev–Trinajstić information content (AvgIpc) is 2.60. The second kappa shape index (κ2) is 8.23. The fourth-order valence-corrected chi connectivity index (χ4v) is 7.34. The van der Waals surface area contributed by atoms with Crippen molar-refractivity contribution in [1.82, 2.24) is 0 Å². The Hall–Kier alpha value is -0.663. The van der Waals surface area contributed by atoms with Crippen LogP contribution in [0.4, 0.5) is 52.7 Å². The Balaban J connectivity index is 3.38. The molecule has 0 radical (unpaired) electrons.